The van der Waals surface area contributed by atoms with Crippen LogP contribution in [-0.4, -0.2) is 33.7 Å². The van der Waals surface area contributed by atoms with Crippen LogP contribution in [0.1, 0.15) is 43.4 Å². The van der Waals surface area contributed by atoms with E-state index in [0.29, 0.717) is 29.2 Å². The van der Waals surface area contributed by atoms with Crippen LogP contribution >= 0.6 is 0 Å². The first-order valence-corrected chi connectivity index (χ1v) is 10.5. The predicted molar refractivity (Wildman–Crippen MR) is 127 cm³/mol. The van der Waals surface area contributed by atoms with E-state index in [2.05, 4.69) is 21.5 Å². The highest BCUT2D eigenvalue weighted by Crippen LogP contribution is 2.27. The number of methoxy groups -OCH3 is 1. The molecule has 4 aromatic rings. The highest BCUT2D eigenvalue weighted by atomic mass is 19.1. The van der Waals surface area contributed by atoms with E-state index in [9.17, 15) is 14.0 Å². The van der Waals surface area contributed by atoms with Crippen LogP contribution in [0, 0.1) is 31.0 Å². The number of aromatic nitrogens is 3. The van der Waals surface area contributed by atoms with E-state index in [4.69, 9.17) is 15.7 Å². The van der Waals surface area contributed by atoms with E-state index in [1.165, 1.54) is 19.2 Å². The molecule has 2 aromatic carbocycles. The summed E-state index contributed by atoms with van der Waals surface area (Å²) >= 11 is 0. The zero-order chi connectivity index (χ0) is 25.3. The van der Waals surface area contributed by atoms with Crippen molar-refractivity contribution in [1.82, 2.24) is 14.8 Å². The Hall–Kier alpha value is -4.78. The van der Waals surface area contributed by atoms with E-state index in [1.54, 1.807) is 23.7 Å². The Balaban J connectivity index is 1.66. The van der Waals surface area contributed by atoms with E-state index in [0.717, 1.165) is 11.6 Å². The van der Waals surface area contributed by atoms with E-state index >= 15 is 0 Å². The Kier molecular flexibility index (Phi) is 6.16. The molecule has 0 saturated carbocycles. The summed E-state index contributed by atoms with van der Waals surface area (Å²) in [6.07, 6.45) is 0. The van der Waals surface area contributed by atoms with Gasteiger partial charge in [-0.25, -0.2) is 9.37 Å². The lowest BCUT2D eigenvalue weighted by atomic mass is 10.1. The molecule has 3 N–H and O–H groups in total. The third-order valence-electron chi connectivity index (χ3n) is 5.62. The number of ether oxygens (including phenoxy) is 1. The van der Waals surface area contributed by atoms with Crippen molar-refractivity contribution in [2.75, 3.05) is 12.4 Å². The van der Waals surface area contributed by atoms with Gasteiger partial charge in [0.1, 0.15) is 5.69 Å². The minimum absolute atomic E-state index is 0.0170. The van der Waals surface area contributed by atoms with Gasteiger partial charge in [-0.05, 0) is 43.7 Å². The number of rotatable bonds is 6. The van der Waals surface area contributed by atoms with Gasteiger partial charge in [-0.2, -0.15) is 10.4 Å². The van der Waals surface area contributed by atoms with Crippen molar-refractivity contribution in [3.63, 3.8) is 0 Å². The number of benzene rings is 2. The molecule has 176 valence electrons. The van der Waals surface area contributed by atoms with Crippen molar-refractivity contribution in [1.29, 1.82) is 5.26 Å². The molecule has 0 spiro atoms. The molecule has 0 aliphatic heterocycles. The Morgan fingerprint density at radius 1 is 1.20 bits per heavy atom. The number of nitrogens with one attached hydrogen (secondary N) is 1. The molecule has 0 fully saturated rings. The maximum Gasteiger partial charge on any atom is 0.274 e. The van der Waals surface area contributed by atoms with Crippen LogP contribution in [0.4, 0.5) is 10.1 Å². The van der Waals surface area contributed by atoms with Crippen molar-refractivity contribution >= 4 is 28.4 Å². The minimum Gasteiger partial charge on any atom is -0.494 e. The Bertz CT molecular complexity index is 1520. The van der Waals surface area contributed by atoms with Gasteiger partial charge >= 0.3 is 0 Å². The largest absolute Gasteiger partial charge is 0.494 e. The maximum atomic E-state index is 14.3. The van der Waals surface area contributed by atoms with Gasteiger partial charge in [0.05, 0.1) is 53.4 Å². The fraction of sp³-hybridized carbons (Fsp3) is 0.160. The molecule has 2 aromatic heterocycles. The Morgan fingerprint density at radius 2 is 1.91 bits per heavy atom. The van der Waals surface area contributed by atoms with Crippen LogP contribution in [-0.2, 0) is 6.54 Å². The number of nitriles is 1. The van der Waals surface area contributed by atoms with Gasteiger partial charge in [0.25, 0.3) is 5.91 Å². The standard InChI is InChI=1S/C25H21FN6O3/c1-13-23(14(2)32(31-13)12-16-6-4-15(11-27)5-7-16)30-25(34)21-8-18(24(28)33)17-9-22(35-3)19(26)10-20(17)29-21/h4-10H,12H2,1-3H3,(H2,28,33)(H,30,34). The van der Waals surface area contributed by atoms with Gasteiger partial charge in [-0.15, -0.1) is 0 Å². The molecule has 0 bridgehead atoms. The fourth-order valence-corrected chi connectivity index (χ4v) is 3.77. The molecule has 4 rings (SSSR count). The summed E-state index contributed by atoms with van der Waals surface area (Å²) in [7, 11) is 1.30. The number of fused-ring (bicyclic) bond motifs is 1. The van der Waals surface area contributed by atoms with Gasteiger partial charge in [0.15, 0.2) is 11.6 Å². The first-order chi connectivity index (χ1) is 16.7. The van der Waals surface area contributed by atoms with Crippen LogP contribution < -0.4 is 15.8 Å². The molecule has 0 radical (unpaired) electrons. The van der Waals surface area contributed by atoms with Gasteiger partial charge < -0.3 is 15.8 Å². The SMILES string of the molecule is COc1cc2c(C(N)=O)cc(C(=O)Nc3c(C)nn(Cc4ccc(C#N)cc4)c3C)nc2cc1F. The molecule has 2 amide bonds. The molecular formula is C25H21FN6O3. The summed E-state index contributed by atoms with van der Waals surface area (Å²) in [5.74, 6) is -2.14. The summed E-state index contributed by atoms with van der Waals surface area (Å²) < 4.78 is 21.0. The van der Waals surface area contributed by atoms with Crippen molar-refractivity contribution in [3.8, 4) is 11.8 Å². The second kappa shape index (κ2) is 9.23. The maximum absolute atomic E-state index is 14.3. The number of hydrogen-bond acceptors (Lipinski definition) is 6. The molecular weight excluding hydrogens is 451 g/mol. The number of carbonyl (C=O) groups is 2. The van der Waals surface area contributed by atoms with Gasteiger partial charge in [-0.3, -0.25) is 14.3 Å². The second-order valence-electron chi connectivity index (χ2n) is 7.89. The number of nitrogens with two attached hydrogens (primary N) is 1. The zero-order valence-electron chi connectivity index (χ0n) is 19.2. The summed E-state index contributed by atoms with van der Waals surface area (Å²) in [5, 5.41) is 16.5. The topological polar surface area (TPSA) is 136 Å². The molecule has 0 saturated heterocycles. The lowest BCUT2D eigenvalue weighted by Crippen LogP contribution is -2.18. The van der Waals surface area contributed by atoms with Crippen LogP contribution in [0.5, 0.6) is 5.75 Å². The number of halogens is 1. The molecule has 35 heavy (non-hydrogen) atoms. The second-order valence-corrected chi connectivity index (χ2v) is 7.89. The molecule has 0 unspecified atom stereocenters. The summed E-state index contributed by atoms with van der Waals surface area (Å²) in [4.78, 5) is 29.4. The molecule has 0 atom stereocenters. The highest BCUT2D eigenvalue weighted by molar-refractivity contribution is 6.10. The van der Waals surface area contributed by atoms with E-state index in [-0.39, 0.29) is 27.9 Å². The lowest BCUT2D eigenvalue weighted by molar-refractivity contribution is 0.100. The van der Waals surface area contributed by atoms with Gasteiger partial charge in [0.2, 0.25) is 5.91 Å². The molecule has 10 heteroatoms. The Morgan fingerprint density at radius 3 is 2.54 bits per heavy atom. The number of pyridine rings is 1. The molecule has 0 aliphatic rings. The first kappa shape index (κ1) is 23.4. The van der Waals surface area contributed by atoms with Crippen LogP contribution in [0.25, 0.3) is 10.9 Å². The number of anilines is 1. The number of hydrogen-bond donors (Lipinski definition) is 2. The van der Waals surface area contributed by atoms with Gasteiger partial charge in [-0.1, -0.05) is 12.1 Å². The van der Waals surface area contributed by atoms with E-state index in [1.807, 2.05) is 19.1 Å². The monoisotopic (exact) mass is 472 g/mol. The first-order valence-electron chi connectivity index (χ1n) is 10.5. The fourth-order valence-electron chi connectivity index (χ4n) is 3.77. The highest BCUT2D eigenvalue weighted by Gasteiger charge is 2.20. The van der Waals surface area contributed by atoms with Crippen LogP contribution in [0.3, 0.4) is 0 Å². The summed E-state index contributed by atoms with van der Waals surface area (Å²) in [6, 6.07) is 12.9. The quantitative estimate of drug-likeness (QED) is 0.441. The van der Waals surface area contributed by atoms with Crippen LogP contribution in [0.15, 0.2) is 42.5 Å². The third kappa shape index (κ3) is 4.52. The number of carbonyl (C=O) groups excluding carboxylic acids is 2. The molecule has 9 nitrogen and oxygen atoms in total. The Labute approximate surface area is 199 Å². The number of primary amides is 1. The molecule has 0 aliphatic carbocycles. The third-order valence-corrected chi connectivity index (χ3v) is 5.62. The predicted octanol–water partition coefficient (Wildman–Crippen LogP) is 3.47. The van der Waals surface area contributed by atoms with Crippen molar-refractivity contribution in [3.05, 3.63) is 82.1 Å². The number of nitrogens with zero attached hydrogens (tertiary/aromatic N) is 4. The zero-order valence-corrected chi connectivity index (χ0v) is 19.2. The van der Waals surface area contributed by atoms with Crippen molar-refractivity contribution in [2.45, 2.75) is 20.4 Å². The number of aryl methyl sites for hydroxylation is 1. The minimum atomic E-state index is -0.789. The van der Waals surface area contributed by atoms with E-state index < -0.39 is 17.6 Å². The summed E-state index contributed by atoms with van der Waals surface area (Å²) in [5.41, 5.74) is 8.79. The summed E-state index contributed by atoms with van der Waals surface area (Å²) in [6.45, 7) is 4.00. The number of amides is 2. The average molecular weight is 472 g/mol. The average Bonchev–Trinajstić information content (AvgIpc) is 3.10. The van der Waals surface area contributed by atoms with Crippen molar-refractivity contribution < 1.29 is 18.7 Å². The molecule has 2 heterocycles. The lowest BCUT2D eigenvalue weighted by Gasteiger charge is -2.11. The normalized spacial score (nSPS) is 10.7. The van der Waals surface area contributed by atoms with Crippen LogP contribution in [0.2, 0.25) is 0 Å². The smallest absolute Gasteiger partial charge is 0.274 e. The van der Waals surface area contributed by atoms with Crippen molar-refractivity contribution in [2.24, 2.45) is 5.73 Å². The van der Waals surface area contributed by atoms with Gasteiger partial charge in [0, 0.05) is 11.5 Å².